The van der Waals surface area contributed by atoms with Gasteiger partial charge in [0.2, 0.25) is 5.95 Å². The van der Waals surface area contributed by atoms with Crippen LogP contribution in [-0.4, -0.2) is 22.8 Å². The highest BCUT2D eigenvalue weighted by molar-refractivity contribution is 5.79. The average molecular weight is 221 g/mol. The van der Waals surface area contributed by atoms with Gasteiger partial charge in [-0.25, -0.2) is 9.37 Å². The van der Waals surface area contributed by atoms with Crippen LogP contribution in [0.1, 0.15) is 12.5 Å². The van der Waals surface area contributed by atoms with E-state index in [2.05, 4.69) is 4.98 Å². The lowest BCUT2D eigenvalue weighted by atomic mass is 10.2. The Kier molecular flexibility index (Phi) is 2.07. The van der Waals surface area contributed by atoms with Crippen LogP contribution < -0.4 is 5.73 Å². The molecule has 0 saturated carbocycles. The third-order valence-electron chi connectivity index (χ3n) is 2.97. The van der Waals surface area contributed by atoms with Gasteiger partial charge in [-0.15, -0.1) is 0 Å². The van der Waals surface area contributed by atoms with E-state index in [1.165, 1.54) is 6.07 Å². The molecule has 2 heterocycles. The summed E-state index contributed by atoms with van der Waals surface area (Å²) in [5, 5.41) is 0. The van der Waals surface area contributed by atoms with Crippen LogP contribution in [0.2, 0.25) is 0 Å². The van der Waals surface area contributed by atoms with Crippen LogP contribution in [0.5, 0.6) is 0 Å². The molecule has 1 unspecified atom stereocenters. The van der Waals surface area contributed by atoms with E-state index in [0.29, 0.717) is 18.1 Å². The number of para-hydroxylation sites is 1. The molecule has 2 aromatic rings. The highest BCUT2D eigenvalue weighted by atomic mass is 19.1. The van der Waals surface area contributed by atoms with E-state index in [0.717, 1.165) is 18.5 Å². The van der Waals surface area contributed by atoms with Crippen molar-refractivity contribution in [1.82, 2.24) is 9.55 Å². The number of hydrogen-bond acceptors (Lipinski definition) is 3. The second-order valence-corrected chi connectivity index (χ2v) is 3.96. The van der Waals surface area contributed by atoms with Gasteiger partial charge < -0.3 is 15.0 Å². The number of imidazole rings is 1. The van der Waals surface area contributed by atoms with Gasteiger partial charge >= 0.3 is 0 Å². The average Bonchev–Trinajstić information content (AvgIpc) is 2.85. The van der Waals surface area contributed by atoms with E-state index in [1.54, 1.807) is 6.07 Å². The van der Waals surface area contributed by atoms with Crippen LogP contribution in [0.3, 0.4) is 0 Å². The molecule has 1 aromatic carbocycles. The Morgan fingerprint density at radius 3 is 3.12 bits per heavy atom. The number of hydrogen-bond donors (Lipinski definition) is 1. The zero-order chi connectivity index (χ0) is 11.1. The molecule has 1 saturated heterocycles. The molecule has 1 fully saturated rings. The van der Waals surface area contributed by atoms with Crippen molar-refractivity contribution in [2.45, 2.75) is 12.5 Å². The van der Waals surface area contributed by atoms with Gasteiger partial charge in [-0.3, -0.25) is 0 Å². The number of ether oxygens (including phenoxy) is 1. The second kappa shape index (κ2) is 3.45. The highest BCUT2D eigenvalue weighted by Crippen LogP contribution is 2.28. The lowest BCUT2D eigenvalue weighted by Crippen LogP contribution is -2.11. The van der Waals surface area contributed by atoms with Crippen molar-refractivity contribution in [2.75, 3.05) is 18.9 Å². The first kappa shape index (κ1) is 9.59. The van der Waals surface area contributed by atoms with E-state index < -0.39 is 0 Å². The number of nitrogen functional groups attached to an aromatic ring is 1. The molecule has 1 aliphatic rings. The SMILES string of the molecule is Nc1nc2c(F)cccc2n1C1CCOC1. The van der Waals surface area contributed by atoms with E-state index in [-0.39, 0.29) is 11.9 Å². The topological polar surface area (TPSA) is 53.1 Å². The normalized spacial score (nSPS) is 20.7. The number of fused-ring (bicyclic) bond motifs is 1. The Labute approximate surface area is 91.8 Å². The summed E-state index contributed by atoms with van der Waals surface area (Å²) in [6.45, 7) is 1.34. The number of nitrogens with zero attached hydrogens (tertiary/aromatic N) is 2. The quantitative estimate of drug-likeness (QED) is 0.797. The fraction of sp³-hybridized carbons (Fsp3) is 0.364. The lowest BCUT2D eigenvalue weighted by Gasteiger charge is -2.12. The van der Waals surface area contributed by atoms with Crippen molar-refractivity contribution in [2.24, 2.45) is 0 Å². The zero-order valence-corrected chi connectivity index (χ0v) is 8.69. The highest BCUT2D eigenvalue weighted by Gasteiger charge is 2.22. The van der Waals surface area contributed by atoms with Crippen LogP contribution >= 0.6 is 0 Å². The van der Waals surface area contributed by atoms with Crippen molar-refractivity contribution in [3.63, 3.8) is 0 Å². The van der Waals surface area contributed by atoms with Crippen LogP contribution in [0.25, 0.3) is 11.0 Å². The Balaban J connectivity index is 2.22. The fourth-order valence-electron chi connectivity index (χ4n) is 2.21. The van der Waals surface area contributed by atoms with Crippen LogP contribution in [0.4, 0.5) is 10.3 Å². The molecule has 0 aliphatic carbocycles. The van der Waals surface area contributed by atoms with Gasteiger partial charge in [0.05, 0.1) is 18.2 Å². The van der Waals surface area contributed by atoms with Gasteiger partial charge in [-0.2, -0.15) is 0 Å². The van der Waals surface area contributed by atoms with E-state index >= 15 is 0 Å². The molecule has 2 N–H and O–H groups in total. The van der Waals surface area contributed by atoms with Crippen molar-refractivity contribution >= 4 is 17.0 Å². The molecule has 4 nitrogen and oxygen atoms in total. The molecule has 5 heteroatoms. The van der Waals surface area contributed by atoms with Gasteiger partial charge in [-0.05, 0) is 18.6 Å². The maximum absolute atomic E-state index is 13.5. The maximum atomic E-state index is 13.5. The first-order valence-corrected chi connectivity index (χ1v) is 5.27. The molecular weight excluding hydrogens is 209 g/mol. The minimum absolute atomic E-state index is 0.173. The molecule has 0 spiro atoms. The number of nitrogens with two attached hydrogens (primary N) is 1. The Morgan fingerprint density at radius 2 is 2.38 bits per heavy atom. The molecule has 0 bridgehead atoms. The number of benzene rings is 1. The van der Waals surface area contributed by atoms with E-state index in [4.69, 9.17) is 10.5 Å². The van der Waals surface area contributed by atoms with Crippen molar-refractivity contribution < 1.29 is 9.13 Å². The molecule has 1 aliphatic heterocycles. The minimum Gasteiger partial charge on any atom is -0.379 e. The minimum atomic E-state index is -0.332. The van der Waals surface area contributed by atoms with Gasteiger partial charge in [0.1, 0.15) is 5.52 Å². The van der Waals surface area contributed by atoms with Gasteiger partial charge in [0.25, 0.3) is 0 Å². The number of halogens is 1. The summed E-state index contributed by atoms with van der Waals surface area (Å²) in [5.74, 6) is 0.0254. The van der Waals surface area contributed by atoms with Gasteiger partial charge in [-0.1, -0.05) is 6.07 Å². The monoisotopic (exact) mass is 221 g/mol. The molecule has 1 aromatic heterocycles. The van der Waals surface area contributed by atoms with Crippen LogP contribution in [-0.2, 0) is 4.74 Å². The van der Waals surface area contributed by atoms with Crippen LogP contribution in [0.15, 0.2) is 18.2 Å². The van der Waals surface area contributed by atoms with Gasteiger partial charge in [0, 0.05) is 6.61 Å². The summed E-state index contributed by atoms with van der Waals surface area (Å²) in [5.41, 5.74) is 6.91. The molecule has 3 rings (SSSR count). The fourth-order valence-corrected chi connectivity index (χ4v) is 2.21. The summed E-state index contributed by atoms with van der Waals surface area (Å²) in [4.78, 5) is 4.07. The molecular formula is C11H12FN3O. The second-order valence-electron chi connectivity index (χ2n) is 3.96. The third-order valence-corrected chi connectivity index (χ3v) is 2.97. The number of aromatic nitrogens is 2. The van der Waals surface area contributed by atoms with E-state index in [1.807, 2.05) is 10.6 Å². The predicted molar refractivity (Wildman–Crippen MR) is 58.6 cm³/mol. The smallest absolute Gasteiger partial charge is 0.201 e. The van der Waals surface area contributed by atoms with Crippen LogP contribution in [0, 0.1) is 5.82 Å². The Bertz CT molecular complexity index is 531. The Hall–Kier alpha value is -1.62. The number of rotatable bonds is 1. The maximum Gasteiger partial charge on any atom is 0.201 e. The largest absolute Gasteiger partial charge is 0.379 e. The van der Waals surface area contributed by atoms with Crippen molar-refractivity contribution in [3.8, 4) is 0 Å². The summed E-state index contributed by atoms with van der Waals surface area (Å²) >= 11 is 0. The van der Waals surface area contributed by atoms with Crippen molar-refractivity contribution in [3.05, 3.63) is 24.0 Å². The first-order valence-electron chi connectivity index (χ1n) is 5.27. The van der Waals surface area contributed by atoms with Crippen molar-refractivity contribution in [1.29, 1.82) is 0 Å². The third kappa shape index (κ3) is 1.28. The lowest BCUT2D eigenvalue weighted by molar-refractivity contribution is 0.187. The first-order chi connectivity index (χ1) is 7.77. The molecule has 0 radical (unpaired) electrons. The molecule has 1 atom stereocenters. The summed E-state index contributed by atoms with van der Waals surface area (Å²) < 4.78 is 20.7. The summed E-state index contributed by atoms with van der Waals surface area (Å²) in [7, 11) is 0. The standard InChI is InChI=1S/C11H12FN3O/c12-8-2-1-3-9-10(8)14-11(13)15(9)7-4-5-16-6-7/h1-3,7H,4-6H2,(H2,13,14). The molecule has 16 heavy (non-hydrogen) atoms. The summed E-state index contributed by atoms with van der Waals surface area (Å²) in [6.07, 6.45) is 0.895. The van der Waals surface area contributed by atoms with Gasteiger partial charge in [0.15, 0.2) is 5.82 Å². The Morgan fingerprint density at radius 1 is 1.50 bits per heavy atom. The number of anilines is 1. The predicted octanol–water partition coefficient (Wildman–Crippen LogP) is 1.72. The molecule has 84 valence electrons. The zero-order valence-electron chi connectivity index (χ0n) is 8.69. The van der Waals surface area contributed by atoms with E-state index in [9.17, 15) is 4.39 Å². The summed E-state index contributed by atoms with van der Waals surface area (Å²) in [6, 6.07) is 5.07. The molecule has 0 amide bonds.